The quantitative estimate of drug-likeness (QED) is 0.759. The van der Waals surface area contributed by atoms with Crippen molar-refractivity contribution in [3.05, 3.63) is 34.4 Å². The van der Waals surface area contributed by atoms with E-state index in [1.54, 1.807) is 0 Å². The Bertz CT molecular complexity index is 393. The third-order valence-electron chi connectivity index (χ3n) is 2.54. The minimum absolute atomic E-state index is 0.145. The predicted molar refractivity (Wildman–Crippen MR) is 52.9 cm³/mol. The van der Waals surface area contributed by atoms with Crippen LogP contribution in [0.15, 0.2) is 12.1 Å². The van der Waals surface area contributed by atoms with E-state index >= 15 is 0 Å². The average molecular weight is 234 g/mol. The van der Waals surface area contributed by atoms with Gasteiger partial charge in [-0.2, -0.15) is 0 Å². The lowest BCUT2D eigenvalue weighted by Gasteiger charge is -2.37. The van der Waals surface area contributed by atoms with Crippen molar-refractivity contribution in [3.63, 3.8) is 0 Å². The lowest BCUT2D eigenvalue weighted by molar-refractivity contribution is -0.00969. The molecule has 1 aliphatic rings. The first-order valence-electron chi connectivity index (χ1n) is 4.57. The molecule has 0 aliphatic carbocycles. The zero-order chi connectivity index (χ0) is 11.1. The molecule has 0 atom stereocenters. The molecular formula is C10H10ClF2NO. The zero-order valence-corrected chi connectivity index (χ0v) is 8.61. The molecule has 0 spiro atoms. The fraction of sp³-hybridized carbons (Fsp3) is 0.400. The van der Waals surface area contributed by atoms with Gasteiger partial charge in [-0.3, -0.25) is 0 Å². The molecule has 1 aromatic rings. The van der Waals surface area contributed by atoms with E-state index < -0.39 is 22.3 Å². The number of β-amino-alcohol motifs (C(OH)–C–C–N with tert-alkyl or cyclic N) is 1. The number of nitrogens with one attached hydrogen (secondary N) is 1. The molecule has 0 saturated carbocycles. The van der Waals surface area contributed by atoms with Crippen molar-refractivity contribution in [1.29, 1.82) is 0 Å². The fourth-order valence-electron chi connectivity index (χ4n) is 1.60. The summed E-state index contributed by atoms with van der Waals surface area (Å²) in [5.74, 6) is -1.56. The molecule has 1 saturated heterocycles. The lowest BCUT2D eigenvalue weighted by Crippen LogP contribution is -2.60. The molecule has 5 heteroatoms. The van der Waals surface area contributed by atoms with E-state index in [1.165, 1.54) is 6.07 Å². The van der Waals surface area contributed by atoms with E-state index in [4.69, 9.17) is 11.6 Å². The molecule has 0 unspecified atom stereocenters. The van der Waals surface area contributed by atoms with Crippen LogP contribution in [0, 0.1) is 11.6 Å². The molecule has 1 heterocycles. The van der Waals surface area contributed by atoms with Crippen LogP contribution in [0.5, 0.6) is 0 Å². The van der Waals surface area contributed by atoms with Crippen LogP contribution < -0.4 is 5.32 Å². The summed E-state index contributed by atoms with van der Waals surface area (Å²) in [6.07, 6.45) is 0.145. The molecule has 1 fully saturated rings. The summed E-state index contributed by atoms with van der Waals surface area (Å²) in [5, 5.41) is 12.2. The average Bonchev–Trinajstić information content (AvgIpc) is 2.17. The summed E-state index contributed by atoms with van der Waals surface area (Å²) < 4.78 is 26.3. The Kier molecular flexibility index (Phi) is 2.66. The number of halogens is 3. The third-order valence-corrected chi connectivity index (χ3v) is 2.89. The predicted octanol–water partition coefficient (Wildman–Crippen LogP) is 1.49. The van der Waals surface area contributed by atoms with Crippen molar-refractivity contribution >= 4 is 11.6 Å². The maximum absolute atomic E-state index is 13.4. The van der Waals surface area contributed by atoms with E-state index in [9.17, 15) is 13.9 Å². The van der Waals surface area contributed by atoms with Gasteiger partial charge in [0.25, 0.3) is 0 Å². The summed E-state index contributed by atoms with van der Waals surface area (Å²) in [4.78, 5) is 0. The topological polar surface area (TPSA) is 32.3 Å². The van der Waals surface area contributed by atoms with Crippen LogP contribution in [0.25, 0.3) is 0 Å². The molecule has 82 valence electrons. The van der Waals surface area contributed by atoms with Crippen molar-refractivity contribution in [2.45, 2.75) is 12.0 Å². The molecule has 15 heavy (non-hydrogen) atoms. The van der Waals surface area contributed by atoms with Gasteiger partial charge >= 0.3 is 0 Å². The van der Waals surface area contributed by atoms with Crippen molar-refractivity contribution < 1.29 is 13.9 Å². The Morgan fingerprint density at radius 3 is 2.60 bits per heavy atom. The first-order chi connectivity index (χ1) is 7.02. The molecule has 0 aromatic heterocycles. The van der Waals surface area contributed by atoms with Gasteiger partial charge in [-0.05, 0) is 11.6 Å². The third kappa shape index (κ3) is 1.97. The molecule has 2 nitrogen and oxygen atoms in total. The van der Waals surface area contributed by atoms with Gasteiger partial charge in [0.05, 0.1) is 5.60 Å². The largest absolute Gasteiger partial charge is 0.387 e. The maximum Gasteiger partial charge on any atom is 0.148 e. The highest BCUT2D eigenvalue weighted by molar-refractivity contribution is 6.30. The molecule has 1 aliphatic heterocycles. The smallest absolute Gasteiger partial charge is 0.148 e. The minimum Gasteiger partial charge on any atom is -0.387 e. The summed E-state index contributed by atoms with van der Waals surface area (Å²) >= 11 is 5.43. The highest BCUT2D eigenvalue weighted by Gasteiger charge is 2.35. The summed E-state index contributed by atoms with van der Waals surface area (Å²) in [5.41, 5.74) is -0.687. The van der Waals surface area contributed by atoms with Gasteiger partial charge < -0.3 is 10.4 Å². The van der Waals surface area contributed by atoms with Crippen molar-refractivity contribution in [2.24, 2.45) is 0 Å². The van der Waals surface area contributed by atoms with Crippen molar-refractivity contribution in [2.75, 3.05) is 13.1 Å². The van der Waals surface area contributed by atoms with Gasteiger partial charge in [-0.15, -0.1) is 0 Å². The maximum atomic E-state index is 13.4. The van der Waals surface area contributed by atoms with Crippen LogP contribution in [0.3, 0.4) is 0 Å². The normalized spacial score (nSPS) is 18.7. The number of rotatable bonds is 2. The Hall–Kier alpha value is -0.710. The summed E-state index contributed by atoms with van der Waals surface area (Å²) in [6.45, 7) is 0.836. The minimum atomic E-state index is -0.929. The Morgan fingerprint density at radius 1 is 1.40 bits per heavy atom. The second-order valence-electron chi connectivity index (χ2n) is 3.84. The van der Waals surface area contributed by atoms with Gasteiger partial charge in [-0.25, -0.2) is 8.78 Å². The number of aliphatic hydroxyl groups is 1. The molecule has 0 amide bonds. The molecule has 0 radical (unpaired) electrons. The van der Waals surface area contributed by atoms with E-state index in [2.05, 4.69) is 5.32 Å². The molecule has 2 rings (SSSR count). The van der Waals surface area contributed by atoms with Crippen LogP contribution in [-0.4, -0.2) is 23.8 Å². The van der Waals surface area contributed by atoms with Gasteiger partial charge in [0.15, 0.2) is 0 Å². The second-order valence-corrected chi connectivity index (χ2v) is 4.22. The van der Waals surface area contributed by atoms with Crippen molar-refractivity contribution in [3.8, 4) is 0 Å². The molecule has 0 bridgehead atoms. The first kappa shape index (κ1) is 10.8. The highest BCUT2D eigenvalue weighted by Crippen LogP contribution is 2.26. The zero-order valence-electron chi connectivity index (χ0n) is 7.86. The van der Waals surface area contributed by atoms with Crippen LogP contribution >= 0.6 is 11.6 Å². The highest BCUT2D eigenvalue weighted by atomic mass is 35.5. The van der Waals surface area contributed by atoms with E-state index in [-0.39, 0.29) is 12.0 Å². The SMILES string of the molecule is OC1(Cc2ccc(F)c(Cl)c2F)CNC1. The Labute approximate surface area is 90.9 Å². The first-order valence-corrected chi connectivity index (χ1v) is 4.95. The van der Waals surface area contributed by atoms with Gasteiger partial charge in [-0.1, -0.05) is 17.7 Å². The monoisotopic (exact) mass is 233 g/mol. The number of hydrogen-bond donors (Lipinski definition) is 2. The fourth-order valence-corrected chi connectivity index (χ4v) is 1.78. The van der Waals surface area contributed by atoms with Crippen LogP contribution in [0.2, 0.25) is 5.02 Å². The van der Waals surface area contributed by atoms with Crippen LogP contribution in [0.4, 0.5) is 8.78 Å². The van der Waals surface area contributed by atoms with Crippen LogP contribution in [0.1, 0.15) is 5.56 Å². The molecular weight excluding hydrogens is 224 g/mol. The van der Waals surface area contributed by atoms with Gasteiger partial charge in [0.2, 0.25) is 0 Å². The summed E-state index contributed by atoms with van der Waals surface area (Å²) in [6, 6.07) is 2.42. The lowest BCUT2D eigenvalue weighted by atomic mass is 9.89. The Morgan fingerprint density at radius 2 is 2.07 bits per heavy atom. The van der Waals surface area contributed by atoms with Gasteiger partial charge in [0.1, 0.15) is 16.7 Å². The summed E-state index contributed by atoms with van der Waals surface area (Å²) in [7, 11) is 0. The molecule has 2 N–H and O–H groups in total. The number of benzene rings is 1. The van der Waals surface area contributed by atoms with Gasteiger partial charge in [0, 0.05) is 19.5 Å². The van der Waals surface area contributed by atoms with E-state index in [1.807, 2.05) is 0 Å². The number of hydrogen-bond acceptors (Lipinski definition) is 2. The standard InChI is InChI=1S/C10H10ClF2NO/c11-8-7(12)2-1-6(9(8)13)3-10(15)4-14-5-10/h1-2,14-15H,3-5H2. The van der Waals surface area contributed by atoms with Crippen LogP contribution in [-0.2, 0) is 6.42 Å². The second kappa shape index (κ2) is 3.70. The Balaban J connectivity index is 2.25. The van der Waals surface area contributed by atoms with Crippen molar-refractivity contribution in [1.82, 2.24) is 5.32 Å². The van der Waals surface area contributed by atoms with E-state index in [0.717, 1.165) is 6.07 Å². The molecule has 1 aromatic carbocycles. The van der Waals surface area contributed by atoms with E-state index in [0.29, 0.717) is 13.1 Å².